The first-order chi connectivity index (χ1) is 10.1. The van der Waals surface area contributed by atoms with Crippen molar-refractivity contribution in [2.24, 2.45) is 0 Å². The third kappa shape index (κ3) is 2.97. The number of aromatic nitrogens is 1. The zero-order valence-electron chi connectivity index (χ0n) is 12.0. The third-order valence-electron chi connectivity index (χ3n) is 3.97. The molecule has 3 N–H and O–H groups in total. The van der Waals surface area contributed by atoms with Crippen LogP contribution < -0.4 is 10.6 Å². The molecular weight excluding hydrogens is 266 g/mol. The molecule has 0 unspecified atom stereocenters. The van der Waals surface area contributed by atoms with Crippen molar-refractivity contribution in [3.8, 4) is 0 Å². The van der Waals surface area contributed by atoms with Crippen molar-refractivity contribution in [1.82, 2.24) is 10.3 Å². The lowest BCUT2D eigenvalue weighted by Crippen LogP contribution is -2.48. The van der Waals surface area contributed by atoms with Gasteiger partial charge in [-0.25, -0.2) is 4.79 Å². The fourth-order valence-electron chi connectivity index (χ4n) is 2.52. The standard InChI is InChI=1S/C16H19N3O2/c1-11-6-7-12-4-2-5-13(14(12)18-11)19-15(20)17-10-16(21)8-3-9-16/h2,4-7,21H,3,8-10H2,1H3,(H2,17,19,20). The van der Waals surface area contributed by atoms with Gasteiger partial charge in [-0.2, -0.15) is 0 Å². The summed E-state index contributed by atoms with van der Waals surface area (Å²) < 4.78 is 0. The first kappa shape index (κ1) is 13.8. The van der Waals surface area contributed by atoms with E-state index in [-0.39, 0.29) is 12.6 Å². The number of nitrogens with one attached hydrogen (secondary N) is 2. The lowest BCUT2D eigenvalue weighted by Gasteiger charge is -2.36. The monoisotopic (exact) mass is 285 g/mol. The Morgan fingerprint density at radius 1 is 1.33 bits per heavy atom. The van der Waals surface area contributed by atoms with Gasteiger partial charge in [-0.05, 0) is 38.3 Å². The minimum Gasteiger partial charge on any atom is -0.388 e. The largest absolute Gasteiger partial charge is 0.388 e. The van der Waals surface area contributed by atoms with E-state index in [1.807, 2.05) is 37.3 Å². The third-order valence-corrected chi connectivity index (χ3v) is 3.97. The molecule has 0 saturated heterocycles. The van der Waals surface area contributed by atoms with Crippen molar-refractivity contribution < 1.29 is 9.90 Å². The summed E-state index contributed by atoms with van der Waals surface area (Å²) in [5, 5.41) is 16.5. The van der Waals surface area contributed by atoms with Gasteiger partial charge in [-0.1, -0.05) is 18.2 Å². The quantitative estimate of drug-likeness (QED) is 0.811. The van der Waals surface area contributed by atoms with Crippen molar-refractivity contribution in [2.75, 3.05) is 11.9 Å². The highest BCUT2D eigenvalue weighted by Gasteiger charge is 2.34. The number of amides is 2. The Balaban J connectivity index is 1.72. The van der Waals surface area contributed by atoms with E-state index in [4.69, 9.17) is 0 Å². The second-order valence-electron chi connectivity index (χ2n) is 5.72. The normalized spacial score (nSPS) is 16.3. The van der Waals surface area contributed by atoms with Crippen molar-refractivity contribution in [2.45, 2.75) is 31.8 Å². The number of rotatable bonds is 3. The molecule has 1 fully saturated rings. The highest BCUT2D eigenvalue weighted by Crippen LogP contribution is 2.30. The Hall–Kier alpha value is -2.14. The topological polar surface area (TPSA) is 74.2 Å². The van der Waals surface area contributed by atoms with Crippen LogP contribution in [0.2, 0.25) is 0 Å². The molecule has 1 aliphatic rings. The summed E-state index contributed by atoms with van der Waals surface area (Å²) in [7, 11) is 0. The molecule has 5 nitrogen and oxygen atoms in total. The molecule has 5 heteroatoms. The highest BCUT2D eigenvalue weighted by molar-refractivity contribution is 5.99. The molecule has 1 aromatic heterocycles. The summed E-state index contributed by atoms with van der Waals surface area (Å²) in [6, 6.07) is 9.28. The van der Waals surface area contributed by atoms with Crippen molar-refractivity contribution in [3.05, 3.63) is 36.0 Å². The van der Waals surface area contributed by atoms with Crippen LogP contribution in [0.1, 0.15) is 25.0 Å². The molecule has 0 atom stereocenters. The molecule has 21 heavy (non-hydrogen) atoms. The van der Waals surface area contributed by atoms with E-state index in [2.05, 4.69) is 15.6 Å². The van der Waals surface area contributed by atoms with Gasteiger partial charge in [-0.15, -0.1) is 0 Å². The lowest BCUT2D eigenvalue weighted by molar-refractivity contribution is -0.0287. The first-order valence-corrected chi connectivity index (χ1v) is 7.19. The first-order valence-electron chi connectivity index (χ1n) is 7.19. The smallest absolute Gasteiger partial charge is 0.319 e. The summed E-state index contributed by atoms with van der Waals surface area (Å²) in [6.45, 7) is 2.21. The number of aliphatic hydroxyl groups is 1. The van der Waals surface area contributed by atoms with E-state index >= 15 is 0 Å². The van der Waals surface area contributed by atoms with Crippen LogP contribution in [0, 0.1) is 6.92 Å². The average molecular weight is 285 g/mol. The number of hydrogen-bond acceptors (Lipinski definition) is 3. The van der Waals surface area contributed by atoms with Crippen LogP contribution in [0.25, 0.3) is 10.9 Å². The Morgan fingerprint density at radius 3 is 2.86 bits per heavy atom. The molecular formula is C16H19N3O2. The summed E-state index contributed by atoms with van der Waals surface area (Å²) in [5.41, 5.74) is 1.63. The van der Waals surface area contributed by atoms with E-state index in [0.29, 0.717) is 5.69 Å². The van der Waals surface area contributed by atoms with E-state index in [0.717, 1.165) is 35.9 Å². The number of pyridine rings is 1. The Bertz CT molecular complexity index is 680. The van der Waals surface area contributed by atoms with E-state index in [1.165, 1.54) is 0 Å². The van der Waals surface area contributed by atoms with Gasteiger partial charge in [0, 0.05) is 17.6 Å². The molecule has 0 aliphatic heterocycles. The molecule has 1 saturated carbocycles. The molecule has 1 heterocycles. The van der Waals surface area contributed by atoms with Gasteiger partial charge in [0.15, 0.2) is 0 Å². The minimum absolute atomic E-state index is 0.288. The van der Waals surface area contributed by atoms with Crippen molar-refractivity contribution in [3.63, 3.8) is 0 Å². The van der Waals surface area contributed by atoms with Crippen molar-refractivity contribution in [1.29, 1.82) is 0 Å². The SMILES string of the molecule is Cc1ccc2cccc(NC(=O)NCC3(O)CCC3)c2n1. The van der Waals surface area contributed by atoms with Crippen LogP contribution in [-0.4, -0.2) is 28.3 Å². The van der Waals surface area contributed by atoms with E-state index < -0.39 is 5.60 Å². The Labute approximate surface area is 123 Å². The number of carbonyl (C=O) groups is 1. The summed E-state index contributed by atoms with van der Waals surface area (Å²) in [6.07, 6.45) is 2.52. The number of aryl methyl sites for hydroxylation is 1. The summed E-state index contributed by atoms with van der Waals surface area (Å²) >= 11 is 0. The van der Waals surface area contributed by atoms with Gasteiger partial charge in [0.1, 0.15) is 0 Å². The van der Waals surface area contributed by atoms with E-state index in [1.54, 1.807) is 0 Å². The molecule has 3 rings (SSSR count). The molecule has 0 bridgehead atoms. The average Bonchev–Trinajstić information content (AvgIpc) is 2.44. The molecule has 110 valence electrons. The zero-order chi connectivity index (χ0) is 14.9. The highest BCUT2D eigenvalue weighted by atomic mass is 16.3. The van der Waals surface area contributed by atoms with Gasteiger partial charge in [-0.3, -0.25) is 4.98 Å². The summed E-state index contributed by atoms with van der Waals surface area (Å²) in [5.74, 6) is 0. The van der Waals surface area contributed by atoms with E-state index in [9.17, 15) is 9.90 Å². The summed E-state index contributed by atoms with van der Waals surface area (Å²) in [4.78, 5) is 16.4. The second kappa shape index (κ2) is 5.33. The molecule has 0 spiro atoms. The number of fused-ring (bicyclic) bond motifs is 1. The maximum atomic E-state index is 12.0. The van der Waals surface area contributed by atoms with Gasteiger partial charge in [0.05, 0.1) is 16.8 Å². The van der Waals surface area contributed by atoms with Crippen LogP contribution in [-0.2, 0) is 0 Å². The predicted molar refractivity (Wildman–Crippen MR) is 82.3 cm³/mol. The Morgan fingerprint density at radius 2 is 2.14 bits per heavy atom. The maximum absolute atomic E-state index is 12.0. The van der Waals surface area contributed by atoms with Crippen LogP contribution in [0.3, 0.4) is 0 Å². The van der Waals surface area contributed by atoms with Crippen LogP contribution in [0.5, 0.6) is 0 Å². The van der Waals surface area contributed by atoms with Gasteiger partial charge in [0.2, 0.25) is 0 Å². The minimum atomic E-state index is -0.717. The predicted octanol–water partition coefficient (Wildman–Crippen LogP) is 2.58. The van der Waals surface area contributed by atoms with Crippen LogP contribution in [0.15, 0.2) is 30.3 Å². The fourth-order valence-corrected chi connectivity index (χ4v) is 2.52. The molecule has 0 radical (unpaired) electrons. The molecule has 1 aromatic carbocycles. The second-order valence-corrected chi connectivity index (χ2v) is 5.72. The number of anilines is 1. The maximum Gasteiger partial charge on any atom is 0.319 e. The fraction of sp³-hybridized carbons (Fsp3) is 0.375. The van der Waals surface area contributed by atoms with Crippen LogP contribution in [0.4, 0.5) is 10.5 Å². The number of carbonyl (C=O) groups excluding carboxylic acids is 1. The van der Waals surface area contributed by atoms with Crippen LogP contribution >= 0.6 is 0 Å². The number of urea groups is 1. The van der Waals surface area contributed by atoms with Gasteiger partial charge >= 0.3 is 6.03 Å². The van der Waals surface area contributed by atoms with Crippen molar-refractivity contribution >= 4 is 22.6 Å². The van der Waals surface area contributed by atoms with Gasteiger partial charge < -0.3 is 15.7 Å². The number of benzene rings is 1. The number of para-hydroxylation sites is 1. The Kier molecular flexibility index (Phi) is 3.51. The number of nitrogens with zero attached hydrogens (tertiary/aromatic N) is 1. The lowest BCUT2D eigenvalue weighted by atomic mass is 9.80. The molecule has 2 amide bonds. The molecule has 2 aromatic rings. The number of hydrogen-bond donors (Lipinski definition) is 3. The molecule has 1 aliphatic carbocycles. The van der Waals surface area contributed by atoms with Gasteiger partial charge in [0.25, 0.3) is 0 Å². The zero-order valence-corrected chi connectivity index (χ0v) is 12.0.